The van der Waals surface area contributed by atoms with Crippen LogP contribution in [0.5, 0.6) is 11.5 Å². The Morgan fingerprint density at radius 3 is 2.56 bits per heavy atom. The number of phenols is 2. The number of aromatic nitrogens is 1. The summed E-state index contributed by atoms with van der Waals surface area (Å²) >= 11 is 0. The van der Waals surface area contributed by atoms with Gasteiger partial charge in [-0.2, -0.15) is 0 Å². The number of phenolic OH excluding ortho intramolecular Hbond substituents is 2. The van der Waals surface area contributed by atoms with E-state index in [1.807, 2.05) is 0 Å². The predicted molar refractivity (Wildman–Crippen MR) is 90.3 cm³/mol. The van der Waals surface area contributed by atoms with E-state index in [0.717, 1.165) is 5.56 Å². The lowest BCUT2D eigenvalue weighted by atomic mass is 10.1. The Balaban J connectivity index is 1.75. The number of hydrogen-bond donors (Lipinski definition) is 4. The molecule has 0 aliphatic rings. The van der Waals surface area contributed by atoms with Crippen molar-refractivity contribution in [3.63, 3.8) is 0 Å². The highest BCUT2D eigenvalue weighted by Gasteiger charge is 2.14. The maximum Gasteiger partial charge on any atom is 0.261 e. The molecule has 7 heteroatoms. The lowest BCUT2D eigenvalue weighted by molar-refractivity contribution is 0.0953. The second kappa shape index (κ2) is 6.64. The lowest BCUT2D eigenvalue weighted by Crippen LogP contribution is -2.31. The Labute approximate surface area is 141 Å². The normalized spacial score (nSPS) is 10.8. The van der Waals surface area contributed by atoms with Gasteiger partial charge < -0.3 is 20.5 Å². The second-order valence-corrected chi connectivity index (χ2v) is 5.54. The van der Waals surface area contributed by atoms with Gasteiger partial charge in [-0.05, 0) is 42.3 Å². The fraction of sp³-hybridized carbons (Fsp3) is 0.111. The molecule has 0 radical (unpaired) electrons. The molecule has 0 fully saturated rings. The summed E-state index contributed by atoms with van der Waals surface area (Å²) in [5.41, 5.74) is 0.145. The summed E-state index contributed by atoms with van der Waals surface area (Å²) in [5.74, 6) is -1.69. The molecule has 6 nitrogen and oxygen atoms in total. The molecule has 0 spiro atoms. The number of aromatic amines is 1. The first-order valence-corrected chi connectivity index (χ1v) is 7.56. The summed E-state index contributed by atoms with van der Waals surface area (Å²) in [6.45, 7) is 0.281. The number of H-pyrrole nitrogens is 1. The van der Waals surface area contributed by atoms with Crippen LogP contribution in [-0.4, -0.2) is 27.6 Å². The van der Waals surface area contributed by atoms with Crippen LogP contribution in [0.25, 0.3) is 10.9 Å². The van der Waals surface area contributed by atoms with Crippen LogP contribution in [0.1, 0.15) is 15.9 Å². The highest BCUT2D eigenvalue weighted by Crippen LogP contribution is 2.31. The van der Waals surface area contributed by atoms with Gasteiger partial charge >= 0.3 is 0 Å². The molecule has 0 saturated carbocycles. The van der Waals surface area contributed by atoms with Crippen molar-refractivity contribution in [3.05, 3.63) is 69.8 Å². The first-order valence-electron chi connectivity index (χ1n) is 7.56. The Morgan fingerprint density at radius 2 is 1.84 bits per heavy atom. The zero-order valence-corrected chi connectivity index (χ0v) is 13.0. The minimum atomic E-state index is -0.673. The number of benzene rings is 2. The topological polar surface area (TPSA) is 102 Å². The molecule has 1 heterocycles. The zero-order valence-electron chi connectivity index (χ0n) is 13.0. The summed E-state index contributed by atoms with van der Waals surface area (Å²) in [6.07, 6.45) is 0.492. The van der Waals surface area contributed by atoms with Gasteiger partial charge in [0.15, 0.2) is 11.5 Å². The van der Waals surface area contributed by atoms with Crippen LogP contribution in [-0.2, 0) is 6.42 Å². The minimum Gasteiger partial charge on any atom is -0.504 e. The molecule has 0 aliphatic heterocycles. The molecule has 0 saturated heterocycles. The van der Waals surface area contributed by atoms with Crippen molar-refractivity contribution >= 4 is 16.8 Å². The molecule has 4 N–H and O–H groups in total. The van der Waals surface area contributed by atoms with Crippen molar-refractivity contribution in [2.45, 2.75) is 6.42 Å². The number of nitrogens with one attached hydrogen (secondary N) is 2. The van der Waals surface area contributed by atoms with Gasteiger partial charge in [-0.25, -0.2) is 4.39 Å². The van der Waals surface area contributed by atoms with Crippen molar-refractivity contribution in [3.8, 4) is 11.5 Å². The Bertz CT molecular complexity index is 996. The number of rotatable bonds is 4. The van der Waals surface area contributed by atoms with Gasteiger partial charge in [0.25, 0.3) is 11.5 Å². The molecular weight excluding hydrogens is 327 g/mol. The molecule has 0 unspecified atom stereocenters. The van der Waals surface area contributed by atoms with Crippen molar-refractivity contribution in [1.82, 2.24) is 10.3 Å². The SMILES string of the molecule is O=C(NCCc1ccc(F)cc1)c1cc2ccc(O)c(O)c2[nH]c1=O. The van der Waals surface area contributed by atoms with Crippen LogP contribution >= 0.6 is 0 Å². The summed E-state index contributed by atoms with van der Waals surface area (Å²) < 4.78 is 12.8. The third-order valence-corrected chi connectivity index (χ3v) is 3.83. The van der Waals surface area contributed by atoms with Gasteiger partial charge in [0.05, 0.1) is 5.52 Å². The number of carbonyl (C=O) groups is 1. The number of pyridine rings is 1. The molecule has 25 heavy (non-hydrogen) atoms. The first kappa shape index (κ1) is 16.5. The molecule has 128 valence electrons. The highest BCUT2D eigenvalue weighted by molar-refractivity contribution is 5.98. The molecular formula is C18H15FN2O4. The van der Waals surface area contributed by atoms with E-state index in [9.17, 15) is 24.2 Å². The van der Waals surface area contributed by atoms with Crippen LogP contribution < -0.4 is 10.9 Å². The molecule has 1 aromatic heterocycles. The van der Waals surface area contributed by atoms with Crippen LogP contribution in [0.4, 0.5) is 4.39 Å². The Hall–Kier alpha value is -3.35. The van der Waals surface area contributed by atoms with E-state index in [-0.39, 0.29) is 29.2 Å². The largest absolute Gasteiger partial charge is 0.504 e. The van der Waals surface area contributed by atoms with E-state index in [1.54, 1.807) is 12.1 Å². The molecule has 3 aromatic rings. The smallest absolute Gasteiger partial charge is 0.261 e. The van der Waals surface area contributed by atoms with E-state index in [2.05, 4.69) is 10.3 Å². The monoisotopic (exact) mass is 342 g/mol. The molecule has 0 aliphatic carbocycles. The van der Waals surface area contributed by atoms with Crippen LogP contribution in [0.2, 0.25) is 0 Å². The third-order valence-electron chi connectivity index (χ3n) is 3.83. The van der Waals surface area contributed by atoms with Gasteiger partial charge in [0.1, 0.15) is 11.4 Å². The molecule has 0 bridgehead atoms. The third kappa shape index (κ3) is 3.45. The summed E-state index contributed by atoms with van der Waals surface area (Å²) in [5, 5.41) is 22.2. The van der Waals surface area contributed by atoms with Gasteiger partial charge in [0, 0.05) is 11.9 Å². The van der Waals surface area contributed by atoms with Crippen molar-refractivity contribution < 1.29 is 19.4 Å². The van der Waals surface area contributed by atoms with Gasteiger partial charge in [0.2, 0.25) is 0 Å². The minimum absolute atomic E-state index is 0.0628. The predicted octanol–water partition coefficient (Wildman–Crippen LogP) is 2.05. The van der Waals surface area contributed by atoms with Gasteiger partial charge in [-0.3, -0.25) is 9.59 Å². The van der Waals surface area contributed by atoms with Crippen LogP contribution in [0.15, 0.2) is 47.3 Å². The average molecular weight is 342 g/mol. The van der Waals surface area contributed by atoms with E-state index < -0.39 is 17.2 Å². The second-order valence-electron chi connectivity index (χ2n) is 5.54. The molecule has 0 atom stereocenters. The molecule has 2 aromatic carbocycles. The van der Waals surface area contributed by atoms with E-state index >= 15 is 0 Å². The van der Waals surface area contributed by atoms with Crippen molar-refractivity contribution in [2.75, 3.05) is 6.54 Å². The maximum absolute atomic E-state index is 12.8. The van der Waals surface area contributed by atoms with Crippen LogP contribution in [0.3, 0.4) is 0 Å². The van der Waals surface area contributed by atoms with E-state index in [4.69, 9.17) is 0 Å². The first-order chi connectivity index (χ1) is 12.0. The molecule has 3 rings (SSSR count). The summed E-state index contributed by atoms with van der Waals surface area (Å²) in [7, 11) is 0. The summed E-state index contributed by atoms with van der Waals surface area (Å²) in [4.78, 5) is 26.7. The van der Waals surface area contributed by atoms with E-state index in [1.165, 1.54) is 30.3 Å². The standard InChI is InChI=1S/C18H15FN2O4/c19-12-4-1-10(2-5-12)7-8-20-17(24)13-9-11-3-6-14(22)16(23)15(11)21-18(13)25/h1-6,9,22-23H,7-8H2,(H,20,24)(H,21,25). The van der Waals surface area contributed by atoms with E-state index in [0.29, 0.717) is 11.8 Å². The number of halogens is 1. The zero-order chi connectivity index (χ0) is 18.0. The van der Waals surface area contributed by atoms with Gasteiger partial charge in [-0.1, -0.05) is 12.1 Å². The fourth-order valence-corrected chi connectivity index (χ4v) is 2.48. The van der Waals surface area contributed by atoms with Crippen molar-refractivity contribution in [2.24, 2.45) is 0 Å². The fourth-order valence-electron chi connectivity index (χ4n) is 2.48. The quantitative estimate of drug-likeness (QED) is 0.545. The summed E-state index contributed by atoms with van der Waals surface area (Å²) in [6, 6.07) is 10.0. The number of fused-ring (bicyclic) bond motifs is 1. The average Bonchev–Trinajstić information content (AvgIpc) is 2.60. The maximum atomic E-state index is 12.8. The highest BCUT2D eigenvalue weighted by atomic mass is 19.1. The Morgan fingerprint density at radius 1 is 1.12 bits per heavy atom. The van der Waals surface area contributed by atoms with Gasteiger partial charge in [-0.15, -0.1) is 0 Å². The number of hydrogen-bond acceptors (Lipinski definition) is 4. The lowest BCUT2D eigenvalue weighted by Gasteiger charge is -2.07. The number of amides is 1. The van der Waals surface area contributed by atoms with Crippen LogP contribution in [0, 0.1) is 5.82 Å². The molecule has 1 amide bonds. The number of aromatic hydroxyl groups is 2. The Kier molecular flexibility index (Phi) is 4.38. The number of carbonyl (C=O) groups excluding carboxylic acids is 1. The van der Waals surface area contributed by atoms with Crippen molar-refractivity contribution in [1.29, 1.82) is 0 Å².